The smallest absolute Gasteiger partial charge is 0.205 e. The zero-order valence-corrected chi connectivity index (χ0v) is 63.1. The predicted octanol–water partition coefficient (Wildman–Crippen LogP) is 20.7. The van der Waals surface area contributed by atoms with Crippen LogP contribution in [0.3, 0.4) is 0 Å². The van der Waals surface area contributed by atoms with E-state index in [1.807, 2.05) is 48.5 Å². The number of halogens is 2. The van der Waals surface area contributed by atoms with Crippen molar-refractivity contribution in [2.45, 2.75) is 0 Å². The number of nitrogens with zero attached hydrogens (tertiary/aromatic N) is 13. The van der Waals surface area contributed by atoms with Crippen LogP contribution in [0, 0.1) is 48.4 Å². The van der Waals surface area contributed by atoms with E-state index in [1.165, 1.54) is 37.2 Å². The van der Waals surface area contributed by atoms with Gasteiger partial charge in [0.15, 0.2) is 125 Å². The molecule has 17 heterocycles. The summed E-state index contributed by atoms with van der Waals surface area (Å²) in [6, 6.07) is 60.9. The number of nitrogens with one attached hydrogen (secondary N) is 2. The van der Waals surface area contributed by atoms with E-state index < -0.39 is 0 Å². The second-order valence-corrected chi connectivity index (χ2v) is 24.9. The van der Waals surface area contributed by atoms with E-state index in [-0.39, 0.29) is 40.6 Å². The minimum Gasteiger partial charge on any atom is -0.461 e. The van der Waals surface area contributed by atoms with Gasteiger partial charge < -0.3 is 81.9 Å². The van der Waals surface area contributed by atoms with Gasteiger partial charge in [0, 0.05) is 48.3 Å². The van der Waals surface area contributed by atoms with Crippen LogP contribution >= 0.6 is 31.9 Å². The maximum atomic E-state index is 8.72. The van der Waals surface area contributed by atoms with Crippen LogP contribution < -0.4 is 22.9 Å². The molecule has 0 saturated carbocycles. The number of furan rings is 11. The summed E-state index contributed by atoms with van der Waals surface area (Å²) in [7, 11) is 0. The normalized spacial score (nSPS) is 10.6. The molecule has 117 heavy (non-hydrogen) atoms. The molecule has 0 radical (unpaired) electrons. The number of hydrogen-bond donors (Lipinski definition) is 8. The van der Waals surface area contributed by atoms with Gasteiger partial charge in [-0.1, -0.05) is 34.6 Å². The average molecular weight is 1680 g/mol. The summed E-state index contributed by atoms with van der Waals surface area (Å²) >= 11 is 6.46. The van der Waals surface area contributed by atoms with E-state index in [2.05, 4.69) is 91.5 Å². The number of hydrogen-bond acceptors (Lipinski definition) is 24. The monoisotopic (exact) mass is 1680 g/mol. The first kappa shape index (κ1) is 79.4. The molecule has 572 valence electrons. The van der Waals surface area contributed by atoms with Crippen LogP contribution in [0.4, 0.5) is 22.7 Å². The highest BCUT2D eigenvalue weighted by Crippen LogP contribution is 2.36. The Balaban J connectivity index is 0.000000130. The van der Waals surface area contributed by atoms with Gasteiger partial charge in [-0.05, 0) is 214 Å². The highest BCUT2D eigenvalue weighted by molar-refractivity contribution is 9.10. The SMILES string of the molecule is N/C(=N\O)c1ccc(-c2ccc(-c3ccc(/C(N)=N\O)cn3)o2)o1.N=C(N)c1ccc(-c2ccc(-c3ccc(C(=N)N)o3)o2)nc1.[C-]#[N+]c1ccc(-c2ccc(-c3ccc(Br)o3)o2)nc1.[C-]#[N+]c1ccc(-c2ccc(-c3ccc(C#N)o3)o2)nc1.[C-]#[N+]c1ccc(-c2ccc(-c3ccco3)o2)nc1.[C-]#[N+]c1ccc(-c2ccc(Br)o2)nc1. The molecule has 0 aliphatic carbocycles. The van der Waals surface area contributed by atoms with Crippen LogP contribution in [0.15, 0.2) is 318 Å². The Morgan fingerprint density at radius 2 is 0.641 bits per heavy atom. The van der Waals surface area contributed by atoms with E-state index in [4.69, 9.17) is 124 Å². The molecule has 17 aromatic heterocycles. The number of nitrogens with two attached hydrogens (primary N) is 4. The van der Waals surface area contributed by atoms with Crippen LogP contribution in [0.1, 0.15) is 28.4 Å². The highest BCUT2D eigenvalue weighted by atomic mass is 79.9. The van der Waals surface area contributed by atoms with Gasteiger partial charge in [0.1, 0.15) is 46.1 Å². The number of nitrogen functional groups attached to an aromatic ring is 2. The van der Waals surface area contributed by atoms with Crippen molar-refractivity contribution in [2.24, 2.45) is 33.2 Å². The molecule has 0 fully saturated rings. The van der Waals surface area contributed by atoms with Crippen molar-refractivity contribution in [3.05, 3.63) is 333 Å². The quantitative estimate of drug-likeness (QED) is 0.0155. The first-order valence-corrected chi connectivity index (χ1v) is 35.1. The van der Waals surface area contributed by atoms with Crippen molar-refractivity contribution in [1.82, 2.24) is 29.9 Å². The minimum atomic E-state index is -0.139. The number of oxime groups is 2. The van der Waals surface area contributed by atoms with Crippen LogP contribution in [0.5, 0.6) is 0 Å². The molecule has 0 unspecified atom stereocenters. The lowest BCUT2D eigenvalue weighted by Crippen LogP contribution is -2.13. The third-order valence-electron chi connectivity index (χ3n) is 15.7. The zero-order chi connectivity index (χ0) is 82.3. The van der Waals surface area contributed by atoms with Crippen molar-refractivity contribution >= 4 is 78.0 Å². The molecule has 0 atom stereocenters. The fourth-order valence-electron chi connectivity index (χ4n) is 10.00. The van der Waals surface area contributed by atoms with Crippen LogP contribution in [-0.4, -0.2) is 63.7 Å². The van der Waals surface area contributed by atoms with E-state index in [9.17, 15) is 0 Å². The number of pyridine rings is 6. The van der Waals surface area contributed by atoms with E-state index >= 15 is 0 Å². The molecule has 0 aromatic carbocycles. The fraction of sp³-hybridized carbons (Fsp3) is 0. The molecular formula is C83H53Br2N19O13. The van der Waals surface area contributed by atoms with Crippen molar-refractivity contribution in [3.8, 4) is 132 Å². The summed E-state index contributed by atoms with van der Waals surface area (Å²) in [5.74, 6) is 9.57. The molecule has 12 N–H and O–H groups in total. The highest BCUT2D eigenvalue weighted by Gasteiger charge is 2.19. The Labute approximate surface area is 677 Å². The lowest BCUT2D eigenvalue weighted by Gasteiger charge is -1.99. The summed E-state index contributed by atoms with van der Waals surface area (Å²) in [5.41, 5.74) is 28.7. The van der Waals surface area contributed by atoms with Crippen LogP contribution in [0.2, 0.25) is 0 Å². The summed E-state index contributed by atoms with van der Waals surface area (Å²) in [6.07, 6.45) is 10.6. The Kier molecular flexibility index (Phi) is 25.5. The van der Waals surface area contributed by atoms with Gasteiger partial charge in [-0.2, -0.15) is 5.26 Å². The predicted molar refractivity (Wildman–Crippen MR) is 432 cm³/mol. The van der Waals surface area contributed by atoms with Gasteiger partial charge >= 0.3 is 0 Å². The lowest BCUT2D eigenvalue weighted by atomic mass is 10.2. The molecule has 0 amide bonds. The molecular weight excluding hydrogens is 1630 g/mol. The molecule has 0 aliphatic heterocycles. The summed E-state index contributed by atoms with van der Waals surface area (Å²) in [4.78, 5) is 38.2. The first-order valence-electron chi connectivity index (χ1n) is 33.6. The second kappa shape index (κ2) is 37.5. The molecule has 0 bridgehead atoms. The third-order valence-corrected chi connectivity index (χ3v) is 16.6. The van der Waals surface area contributed by atoms with Crippen LogP contribution in [-0.2, 0) is 0 Å². The molecule has 34 heteroatoms. The van der Waals surface area contributed by atoms with Gasteiger partial charge in [0.2, 0.25) is 34.3 Å². The van der Waals surface area contributed by atoms with Crippen molar-refractivity contribution in [3.63, 3.8) is 0 Å². The molecule has 0 saturated heterocycles. The number of rotatable bonds is 15. The molecule has 17 aromatic rings. The van der Waals surface area contributed by atoms with Gasteiger partial charge in [-0.3, -0.25) is 40.7 Å². The molecule has 0 aliphatic rings. The minimum absolute atomic E-state index is 0.0274. The van der Waals surface area contributed by atoms with Crippen molar-refractivity contribution in [1.29, 1.82) is 16.1 Å². The Hall–Kier alpha value is -17.1. The number of nitriles is 1. The summed E-state index contributed by atoms with van der Waals surface area (Å²) in [5, 5.41) is 46.4. The first-order chi connectivity index (χ1) is 56.9. The standard InChI is InChI=1S/C15H13N5O4.C15H13N5O2.C15H7N3O2.C14H7BrN2O2.C14H8N2O2.C10H5BrN2O/c16-14(19-21)8-1-2-9(18-7-8)10-3-4-11(23-10)12-5-6-13(24-12)15(17)20-22;16-14(17)8-1-2-9(20-7-8)10-3-4-11(21-10)12-5-6-13(22-12)15(18)19;1-17-10-2-4-12(18-9-10)13-6-7-15(20-13)14-5-3-11(8-16)19-14;1-16-9-2-3-10(17-8-9)11-4-5-12(18-11)13-6-7-14(15)19-13;1-15-10-4-5-11(16-9-10)12-6-7-14(18-12)13-3-2-8-17-13;1-12-7-2-3-8(13-6-7)9-4-5-10(11)14-9/h1-7,21-22H,(H2,16,19)(H2,17,20);1-7H,(H3,16,17)(H3,18,19);2-7,9H;2-8H;2-9H;2-6H. The maximum absolute atomic E-state index is 8.72. The summed E-state index contributed by atoms with van der Waals surface area (Å²) < 4.78 is 61.9. The van der Waals surface area contributed by atoms with Gasteiger partial charge in [0.05, 0.1) is 32.6 Å². The molecule has 0 spiro atoms. The maximum Gasteiger partial charge on any atom is 0.205 e. The fourth-order valence-corrected chi connectivity index (χ4v) is 10.6. The van der Waals surface area contributed by atoms with Gasteiger partial charge in [-0.15, -0.1) is 0 Å². The number of amidine groups is 4. The topological polar surface area (TPSA) is 480 Å². The molecule has 32 nitrogen and oxygen atoms in total. The van der Waals surface area contributed by atoms with Crippen molar-refractivity contribution in [2.75, 3.05) is 0 Å². The zero-order valence-electron chi connectivity index (χ0n) is 59.9. The van der Waals surface area contributed by atoms with E-state index in [0.717, 1.165) is 5.69 Å². The van der Waals surface area contributed by atoms with Crippen LogP contribution in [0.25, 0.3) is 146 Å². The van der Waals surface area contributed by atoms with Gasteiger partial charge in [-0.25, -0.2) is 19.4 Å². The second-order valence-electron chi connectivity index (χ2n) is 23.3. The number of aromatic nitrogens is 6. The third kappa shape index (κ3) is 20.3. The van der Waals surface area contributed by atoms with Crippen molar-refractivity contribution < 1.29 is 59.0 Å². The lowest BCUT2D eigenvalue weighted by molar-refractivity contribution is 0.317. The Morgan fingerprint density at radius 1 is 0.333 bits per heavy atom. The summed E-state index contributed by atoms with van der Waals surface area (Å²) in [6.45, 7) is 27.4. The van der Waals surface area contributed by atoms with E-state index in [0.29, 0.717) is 164 Å². The van der Waals surface area contributed by atoms with Gasteiger partial charge in [0.25, 0.3) is 0 Å². The Bertz CT molecular complexity index is 6540. The largest absolute Gasteiger partial charge is 0.461 e. The average Bonchev–Trinajstić information content (AvgIpc) is 1.68. The Morgan fingerprint density at radius 3 is 0.949 bits per heavy atom. The molecule has 17 rings (SSSR count). The van der Waals surface area contributed by atoms with E-state index in [1.54, 1.807) is 170 Å².